The van der Waals surface area contributed by atoms with Crippen LogP contribution in [0.3, 0.4) is 0 Å². The summed E-state index contributed by atoms with van der Waals surface area (Å²) in [6.45, 7) is 3.45. The average Bonchev–Trinajstić information content (AvgIpc) is 2.80. The van der Waals surface area contributed by atoms with Crippen molar-refractivity contribution in [3.8, 4) is 0 Å². The summed E-state index contributed by atoms with van der Waals surface area (Å²) in [4.78, 5) is 12.4. The lowest BCUT2D eigenvalue weighted by Crippen LogP contribution is -2.46. The molecular weight excluding hydrogens is 254 g/mol. The molecule has 5 nitrogen and oxygen atoms in total. The number of aliphatic hydroxyl groups is 1. The molecule has 0 spiro atoms. The van der Waals surface area contributed by atoms with Gasteiger partial charge < -0.3 is 10.4 Å². The van der Waals surface area contributed by atoms with Crippen LogP contribution in [0.4, 0.5) is 0 Å². The van der Waals surface area contributed by atoms with E-state index in [0.29, 0.717) is 5.56 Å². The number of amides is 1. The van der Waals surface area contributed by atoms with Crippen molar-refractivity contribution in [1.29, 1.82) is 0 Å². The second-order valence-corrected chi connectivity index (χ2v) is 5.08. The number of aromatic nitrogens is 2. The van der Waals surface area contributed by atoms with Gasteiger partial charge in [-0.3, -0.25) is 9.48 Å². The predicted octanol–water partition coefficient (Wildman–Crippen LogP) is 1.37. The van der Waals surface area contributed by atoms with E-state index < -0.39 is 5.54 Å². The monoisotopic (exact) mass is 273 g/mol. The lowest BCUT2D eigenvalue weighted by atomic mass is 9.92. The summed E-state index contributed by atoms with van der Waals surface area (Å²) < 4.78 is 1.65. The Labute approximate surface area is 118 Å². The summed E-state index contributed by atoms with van der Waals surface area (Å²) in [6, 6.07) is 9.42. The van der Waals surface area contributed by atoms with E-state index in [1.165, 1.54) is 6.20 Å². The Morgan fingerprint density at radius 2 is 2.05 bits per heavy atom. The zero-order valence-electron chi connectivity index (χ0n) is 11.9. The van der Waals surface area contributed by atoms with Gasteiger partial charge in [-0.15, -0.1) is 0 Å². The van der Waals surface area contributed by atoms with E-state index in [9.17, 15) is 9.90 Å². The minimum atomic E-state index is -0.819. The predicted molar refractivity (Wildman–Crippen MR) is 76.3 cm³/mol. The fraction of sp³-hybridized carbons (Fsp3) is 0.333. The summed E-state index contributed by atoms with van der Waals surface area (Å²) in [6.07, 6.45) is 1.54. The number of carbonyl (C=O) groups is 1. The molecule has 0 aliphatic rings. The summed E-state index contributed by atoms with van der Waals surface area (Å²) >= 11 is 0. The first kappa shape index (κ1) is 14.3. The molecule has 0 saturated carbocycles. The molecule has 1 amide bonds. The highest BCUT2D eigenvalue weighted by Crippen LogP contribution is 2.21. The standard InChI is InChI=1S/C15H19N3O2/c1-11-13(9-16-18(11)3)14(20)17-15(2,10-19)12-7-5-4-6-8-12/h4-9,19H,10H2,1-3H3,(H,17,20). The molecule has 0 radical (unpaired) electrons. The van der Waals surface area contributed by atoms with Crippen LogP contribution in [-0.4, -0.2) is 27.4 Å². The Bertz CT molecular complexity index is 607. The van der Waals surface area contributed by atoms with Crippen molar-refractivity contribution in [2.24, 2.45) is 7.05 Å². The van der Waals surface area contributed by atoms with E-state index in [-0.39, 0.29) is 12.5 Å². The van der Waals surface area contributed by atoms with E-state index in [2.05, 4.69) is 10.4 Å². The third kappa shape index (κ3) is 2.58. The highest BCUT2D eigenvalue weighted by molar-refractivity contribution is 5.95. The smallest absolute Gasteiger partial charge is 0.255 e. The highest BCUT2D eigenvalue weighted by Gasteiger charge is 2.29. The van der Waals surface area contributed by atoms with E-state index >= 15 is 0 Å². The lowest BCUT2D eigenvalue weighted by molar-refractivity contribution is 0.0849. The molecule has 1 heterocycles. The molecule has 0 fully saturated rings. The maximum absolute atomic E-state index is 12.4. The van der Waals surface area contributed by atoms with Crippen molar-refractivity contribution in [1.82, 2.24) is 15.1 Å². The molecule has 1 aromatic heterocycles. The largest absolute Gasteiger partial charge is 0.394 e. The van der Waals surface area contributed by atoms with E-state index in [1.54, 1.807) is 18.7 Å². The SMILES string of the molecule is Cc1c(C(=O)NC(C)(CO)c2ccccc2)cnn1C. The van der Waals surface area contributed by atoms with Crippen molar-refractivity contribution in [3.63, 3.8) is 0 Å². The number of aryl methyl sites for hydroxylation is 1. The topological polar surface area (TPSA) is 67.2 Å². The molecule has 106 valence electrons. The van der Waals surface area contributed by atoms with E-state index in [1.807, 2.05) is 37.3 Å². The Morgan fingerprint density at radius 3 is 2.55 bits per heavy atom. The van der Waals surface area contributed by atoms with Crippen molar-refractivity contribution in [2.45, 2.75) is 19.4 Å². The molecule has 2 aromatic rings. The van der Waals surface area contributed by atoms with Crippen LogP contribution in [0.2, 0.25) is 0 Å². The molecule has 0 bridgehead atoms. The number of nitrogens with zero attached hydrogens (tertiary/aromatic N) is 2. The van der Waals surface area contributed by atoms with Crippen LogP contribution in [0.15, 0.2) is 36.5 Å². The number of rotatable bonds is 4. The van der Waals surface area contributed by atoms with Crippen LogP contribution in [0.5, 0.6) is 0 Å². The fourth-order valence-corrected chi connectivity index (χ4v) is 2.05. The van der Waals surface area contributed by atoms with E-state index in [0.717, 1.165) is 11.3 Å². The van der Waals surface area contributed by atoms with Crippen LogP contribution in [0.1, 0.15) is 28.5 Å². The summed E-state index contributed by atoms with van der Waals surface area (Å²) in [5, 5.41) is 16.6. The molecule has 2 rings (SSSR count). The zero-order valence-corrected chi connectivity index (χ0v) is 11.9. The normalized spacial score (nSPS) is 13.8. The number of benzene rings is 1. The number of hydrogen-bond acceptors (Lipinski definition) is 3. The average molecular weight is 273 g/mol. The zero-order chi connectivity index (χ0) is 14.8. The van der Waals surface area contributed by atoms with Crippen LogP contribution in [0, 0.1) is 6.92 Å². The van der Waals surface area contributed by atoms with Gasteiger partial charge in [-0.1, -0.05) is 30.3 Å². The minimum absolute atomic E-state index is 0.179. The van der Waals surface area contributed by atoms with Gasteiger partial charge in [0.2, 0.25) is 0 Å². The van der Waals surface area contributed by atoms with Crippen LogP contribution in [0.25, 0.3) is 0 Å². The summed E-state index contributed by atoms with van der Waals surface area (Å²) in [7, 11) is 1.79. The quantitative estimate of drug-likeness (QED) is 0.884. The Kier molecular flexibility index (Phi) is 3.90. The number of carbonyl (C=O) groups excluding carboxylic acids is 1. The summed E-state index contributed by atoms with van der Waals surface area (Å²) in [5.74, 6) is -0.240. The van der Waals surface area contributed by atoms with Crippen LogP contribution >= 0.6 is 0 Å². The summed E-state index contributed by atoms with van der Waals surface area (Å²) in [5.41, 5.74) is 1.34. The van der Waals surface area contributed by atoms with E-state index in [4.69, 9.17) is 0 Å². The Morgan fingerprint density at radius 1 is 1.40 bits per heavy atom. The second-order valence-electron chi connectivity index (χ2n) is 5.08. The van der Waals surface area contributed by atoms with Gasteiger partial charge in [-0.2, -0.15) is 5.10 Å². The Balaban J connectivity index is 2.27. The Hall–Kier alpha value is -2.14. The van der Waals surface area contributed by atoms with Gasteiger partial charge >= 0.3 is 0 Å². The first-order valence-electron chi connectivity index (χ1n) is 6.45. The van der Waals surface area contributed by atoms with Crippen molar-refractivity contribution in [2.75, 3.05) is 6.61 Å². The van der Waals surface area contributed by atoms with Gasteiger partial charge in [0.15, 0.2) is 0 Å². The van der Waals surface area contributed by atoms with Crippen molar-refractivity contribution in [3.05, 3.63) is 53.3 Å². The molecule has 5 heteroatoms. The van der Waals surface area contributed by atoms with Crippen molar-refractivity contribution >= 4 is 5.91 Å². The molecule has 0 aliphatic carbocycles. The maximum atomic E-state index is 12.4. The third-order valence-corrected chi connectivity index (χ3v) is 3.60. The molecule has 1 aromatic carbocycles. The molecule has 0 saturated heterocycles. The fourth-order valence-electron chi connectivity index (χ4n) is 2.05. The van der Waals surface area contributed by atoms with Crippen LogP contribution < -0.4 is 5.32 Å². The highest BCUT2D eigenvalue weighted by atomic mass is 16.3. The van der Waals surface area contributed by atoms with Crippen LogP contribution in [-0.2, 0) is 12.6 Å². The molecule has 1 unspecified atom stereocenters. The minimum Gasteiger partial charge on any atom is -0.394 e. The number of nitrogens with one attached hydrogen (secondary N) is 1. The maximum Gasteiger partial charge on any atom is 0.255 e. The molecular formula is C15H19N3O2. The van der Waals surface area contributed by atoms with Gasteiger partial charge in [0.1, 0.15) is 0 Å². The van der Waals surface area contributed by atoms with Gasteiger partial charge in [-0.05, 0) is 19.4 Å². The van der Waals surface area contributed by atoms with Crippen molar-refractivity contribution < 1.29 is 9.90 Å². The number of aliphatic hydroxyl groups excluding tert-OH is 1. The first-order valence-corrected chi connectivity index (χ1v) is 6.45. The van der Waals surface area contributed by atoms with Gasteiger partial charge in [-0.25, -0.2) is 0 Å². The first-order chi connectivity index (χ1) is 9.48. The lowest BCUT2D eigenvalue weighted by Gasteiger charge is -2.29. The molecule has 20 heavy (non-hydrogen) atoms. The molecule has 2 N–H and O–H groups in total. The second kappa shape index (κ2) is 5.46. The number of hydrogen-bond donors (Lipinski definition) is 2. The third-order valence-electron chi connectivity index (χ3n) is 3.60. The molecule has 0 aliphatic heterocycles. The van der Waals surface area contributed by atoms with Gasteiger partial charge in [0.25, 0.3) is 5.91 Å². The molecule has 1 atom stereocenters. The van der Waals surface area contributed by atoms with Gasteiger partial charge in [0, 0.05) is 12.7 Å². The van der Waals surface area contributed by atoms with Gasteiger partial charge in [0.05, 0.1) is 23.9 Å².